The second kappa shape index (κ2) is 101. The van der Waals surface area contributed by atoms with Gasteiger partial charge in [-0.25, -0.2) is 0 Å². The molecule has 0 aromatic carbocycles. The normalized spacial score (nSPS) is 23.8. The highest BCUT2D eigenvalue weighted by Gasteiger charge is 2.54. The van der Waals surface area contributed by atoms with Gasteiger partial charge in [0, 0.05) is 88.7 Å². The molecule has 0 saturated carbocycles. The first-order valence-electron chi connectivity index (χ1n) is 58.4. The molecule has 13 N–H and O–H groups in total. The fourth-order valence-corrected chi connectivity index (χ4v) is 18.3. The van der Waals surface area contributed by atoms with Crippen LogP contribution in [0, 0.1) is 23.7 Å². The predicted molar refractivity (Wildman–Crippen MR) is 588 cm³/mol. The van der Waals surface area contributed by atoms with Crippen molar-refractivity contribution in [3.05, 3.63) is 0 Å². The summed E-state index contributed by atoms with van der Waals surface area (Å²) in [5.74, 6) is -10.3. The van der Waals surface area contributed by atoms with E-state index in [2.05, 4.69) is 55.4 Å². The Morgan fingerprint density at radius 3 is 0.837 bits per heavy atom. The number of aliphatic hydroxyl groups is 5. The largest absolute Gasteiger partial charge is 0.481 e. The number of carboxylic acids is 8. The third-order valence-electron chi connectivity index (χ3n) is 27.8. The summed E-state index contributed by atoms with van der Waals surface area (Å²) in [6.45, 7) is 33.9. The number of aliphatic hydroxyl groups excluding tert-OH is 3. The van der Waals surface area contributed by atoms with Crippen LogP contribution in [0.2, 0.25) is 0 Å². The molecule has 3 aliphatic rings. The van der Waals surface area contributed by atoms with Crippen molar-refractivity contribution in [3.63, 3.8) is 0 Å². The molecule has 18 atom stereocenters. The molecule has 30 heteroatoms. The Kier molecular flexibility index (Phi) is 105. The minimum Gasteiger partial charge on any atom is -0.481 e. The average molecular weight is 2110 g/mol. The number of hydrogen-bond donors (Lipinski definition) is 13. The lowest BCUT2D eigenvalue weighted by Crippen LogP contribution is -2.61. The van der Waals surface area contributed by atoms with Crippen molar-refractivity contribution in [3.8, 4) is 0 Å². The molecule has 0 aromatic heterocycles. The van der Waals surface area contributed by atoms with E-state index < -0.39 is 155 Å². The number of ether oxygens (including phenoxy) is 6. The van der Waals surface area contributed by atoms with Crippen molar-refractivity contribution in [2.75, 3.05) is 21.2 Å². The number of rotatable bonds is 71. The van der Waals surface area contributed by atoms with Crippen molar-refractivity contribution in [1.29, 1.82) is 0 Å². The van der Waals surface area contributed by atoms with Crippen molar-refractivity contribution in [2.24, 2.45) is 23.7 Å². The lowest BCUT2D eigenvalue weighted by atomic mass is 9.74. The highest BCUT2D eigenvalue weighted by atomic mass is 16.7. The summed E-state index contributed by atoms with van der Waals surface area (Å²) in [4.78, 5) is 111. The van der Waals surface area contributed by atoms with Gasteiger partial charge in [0.1, 0.15) is 29.7 Å². The minimum atomic E-state index is -1.99. The van der Waals surface area contributed by atoms with Crippen LogP contribution in [-0.4, -0.2) is 236 Å². The second-order valence-electron chi connectivity index (χ2n) is 42.6. The van der Waals surface area contributed by atoms with E-state index in [4.69, 9.17) is 69.3 Å². The highest BCUT2D eigenvalue weighted by Crippen LogP contribution is 2.42. The number of methoxy groups -OCH3 is 1. The standard InChI is InChI=1S/C37H67NO13.8C10H20O2/c1-14-25-37(10,45)30(41)20(4)27(39)18(2)16-35(8,44)32(51-34-28(40)24(38(11)12)15-19(3)47-34)21(5)29(22(6)33(43)49-25)50-26-17-36(9,46-13)31(42)23(7)48-26;8*1-2-3-4-5-6-7-8-9-10(11)12/h18-26,28-32,34,40-42,44-45H,14-17H2,1-13H3;8*2-9H2,1H3,(H,11,12)/t18-,19-,20+,21+,22-,23+,24+,25-,26+,28-,29+,30-,31+,32-,34+,35-,36-,37-;;;;;;;;/m1......../s1. The zero-order chi connectivity index (χ0) is 113. The summed E-state index contributed by atoms with van der Waals surface area (Å²) in [7, 11) is 5.18. The first-order chi connectivity index (χ1) is 69.6. The van der Waals surface area contributed by atoms with Crippen LogP contribution in [-0.2, 0) is 76.4 Å². The monoisotopic (exact) mass is 2110 g/mol. The smallest absolute Gasteiger partial charge is 0.311 e. The first kappa shape index (κ1) is 152. The number of aliphatic carboxylic acids is 8. The van der Waals surface area contributed by atoms with Crippen LogP contribution in [0.15, 0.2) is 0 Å². The van der Waals surface area contributed by atoms with Crippen LogP contribution in [0.25, 0.3) is 0 Å². The number of Topliss-reactive ketones (excluding diaryl/α,β-unsaturated/α-hetero) is 1. The van der Waals surface area contributed by atoms with Crippen molar-refractivity contribution in [2.45, 2.75) is 645 Å². The number of esters is 1. The second-order valence-corrected chi connectivity index (χ2v) is 42.6. The minimum absolute atomic E-state index is 0.0936. The number of unbranched alkanes of at least 4 members (excludes halogenated alkanes) is 48. The number of hydrogen-bond acceptors (Lipinski definition) is 22. The van der Waals surface area contributed by atoms with Gasteiger partial charge in [-0.15, -0.1) is 0 Å². The van der Waals surface area contributed by atoms with Crippen LogP contribution in [0.4, 0.5) is 0 Å². The van der Waals surface area contributed by atoms with Gasteiger partial charge in [-0.3, -0.25) is 47.9 Å². The van der Waals surface area contributed by atoms with E-state index in [1.54, 1.807) is 41.5 Å². The maximum Gasteiger partial charge on any atom is 0.311 e. The SMILES string of the molecule is CCCCCCCCCC(=O)O.CCCCCCCCCC(=O)O.CCCCCCCCCC(=O)O.CCCCCCCCCC(=O)O.CCCCCCCCCC(=O)O.CCCCCCCCCC(=O)O.CCCCCCCCCC(=O)O.CCCCCCCCCC(=O)O.CC[C@H]1OC(=O)[C@H](C)[C@@H](O[C@H]2C[C@@](C)(OC)[C@@H](O)[C@H](C)O2)[C@H](C)[C@@H](O[C@@H]2O[C@H](C)C[C@H](N(C)C)[C@H]2O)[C@](C)(O)C[C@@H](C)C(=O)[C@H](C)[C@@H](O)[C@]1(C)O. The molecule has 0 unspecified atom stereocenters. The summed E-state index contributed by atoms with van der Waals surface area (Å²) in [6.07, 6.45) is 59.4. The summed E-state index contributed by atoms with van der Waals surface area (Å²) in [5.41, 5.74) is -4.84. The van der Waals surface area contributed by atoms with Gasteiger partial charge in [-0.1, -0.05) is 391 Å². The van der Waals surface area contributed by atoms with E-state index in [1.165, 1.54) is 285 Å². The Balaban J connectivity index is -0.000000424. The average Bonchev–Trinajstić information content (AvgIpc) is 0.771. The number of ketones is 1. The maximum atomic E-state index is 14.1. The molecule has 0 amide bonds. The summed E-state index contributed by atoms with van der Waals surface area (Å²) < 4.78 is 37.1. The van der Waals surface area contributed by atoms with Crippen LogP contribution in [0.1, 0.15) is 561 Å². The van der Waals surface area contributed by atoms with E-state index in [9.17, 15) is 73.5 Å². The Hall–Kier alpha value is -5.54. The third kappa shape index (κ3) is 89.5. The van der Waals surface area contributed by atoms with E-state index in [0.717, 1.165) is 103 Å². The van der Waals surface area contributed by atoms with Gasteiger partial charge in [-0.2, -0.15) is 0 Å². The predicted octanol–water partition coefficient (Wildman–Crippen LogP) is 27.5. The number of nitrogens with zero attached hydrogens (tertiary/aromatic N) is 1. The van der Waals surface area contributed by atoms with E-state index >= 15 is 0 Å². The molecule has 0 spiro atoms. The molecule has 3 saturated heterocycles. The van der Waals surface area contributed by atoms with Gasteiger partial charge in [-0.05, 0) is 126 Å². The Labute approximate surface area is 892 Å². The van der Waals surface area contributed by atoms with Crippen LogP contribution < -0.4 is 0 Å². The number of carbonyl (C=O) groups is 10. The molecule has 3 fully saturated rings. The van der Waals surface area contributed by atoms with Crippen LogP contribution in [0.5, 0.6) is 0 Å². The highest BCUT2D eigenvalue weighted by molar-refractivity contribution is 5.83. The number of carboxylic acid groups (broad SMARTS) is 8. The van der Waals surface area contributed by atoms with Crippen molar-refractivity contribution in [1.82, 2.24) is 4.90 Å². The number of carbonyl (C=O) groups excluding carboxylic acids is 2. The van der Waals surface area contributed by atoms with Gasteiger partial charge in [0.2, 0.25) is 0 Å². The molecule has 147 heavy (non-hydrogen) atoms. The lowest BCUT2D eigenvalue weighted by molar-refractivity contribution is -0.318. The Bertz CT molecular complexity index is 2790. The molecule has 874 valence electrons. The fraction of sp³-hybridized carbons (Fsp3) is 0.915. The fourth-order valence-electron chi connectivity index (χ4n) is 18.3. The molecule has 0 aliphatic carbocycles. The molecule has 0 aromatic rings. The van der Waals surface area contributed by atoms with Crippen molar-refractivity contribution < 1.29 is 143 Å². The molecule has 0 radical (unpaired) electrons. The third-order valence-corrected chi connectivity index (χ3v) is 27.8. The molecular formula is C117H227NO29. The van der Waals surface area contributed by atoms with Gasteiger partial charge >= 0.3 is 53.7 Å². The lowest BCUT2D eigenvalue weighted by Gasteiger charge is -2.49. The molecule has 3 rings (SSSR count). The summed E-state index contributed by atoms with van der Waals surface area (Å²) >= 11 is 0. The number of likely N-dealkylation sites (N-methyl/N-ethyl adjacent to an activating group) is 1. The number of cyclic esters (lactones) is 1. The first-order valence-corrected chi connectivity index (χ1v) is 58.4. The molecule has 0 bridgehead atoms. The van der Waals surface area contributed by atoms with E-state index in [1.807, 2.05) is 25.9 Å². The summed E-state index contributed by atoms with van der Waals surface area (Å²) in [5, 5.41) is 124. The molecule has 30 nitrogen and oxygen atoms in total. The van der Waals surface area contributed by atoms with E-state index in [-0.39, 0.29) is 31.4 Å². The molecule has 3 heterocycles. The van der Waals surface area contributed by atoms with Crippen LogP contribution >= 0.6 is 0 Å². The zero-order valence-electron chi connectivity index (χ0n) is 97.0. The quantitative estimate of drug-likeness (QED) is 0.0199. The Morgan fingerprint density at radius 2 is 0.605 bits per heavy atom. The Morgan fingerprint density at radius 1 is 0.354 bits per heavy atom. The van der Waals surface area contributed by atoms with Gasteiger partial charge in [0.25, 0.3) is 0 Å². The van der Waals surface area contributed by atoms with E-state index in [0.29, 0.717) is 57.8 Å². The summed E-state index contributed by atoms with van der Waals surface area (Å²) in [6, 6.07) is -0.324. The van der Waals surface area contributed by atoms with Gasteiger partial charge in [0.05, 0.1) is 47.6 Å². The molecular weight excluding hydrogens is 1880 g/mol. The van der Waals surface area contributed by atoms with Crippen molar-refractivity contribution >= 4 is 59.5 Å². The van der Waals surface area contributed by atoms with Crippen LogP contribution in [0.3, 0.4) is 0 Å². The molecule has 3 aliphatic heterocycles. The zero-order valence-corrected chi connectivity index (χ0v) is 97.0. The maximum absolute atomic E-state index is 14.1. The topological polar surface area (TPSA) is 492 Å². The van der Waals surface area contributed by atoms with Gasteiger partial charge < -0.3 is 99.7 Å². The van der Waals surface area contributed by atoms with Gasteiger partial charge in [0.15, 0.2) is 12.6 Å².